The summed E-state index contributed by atoms with van der Waals surface area (Å²) in [5, 5.41) is 9.70. The number of allylic oxidation sites excluding steroid dienone is 2. The summed E-state index contributed by atoms with van der Waals surface area (Å²) in [6.45, 7) is 1.84. The van der Waals surface area contributed by atoms with Gasteiger partial charge in [0.15, 0.2) is 0 Å². The van der Waals surface area contributed by atoms with Crippen LogP contribution in [0.3, 0.4) is 0 Å². The van der Waals surface area contributed by atoms with Gasteiger partial charge in [0.1, 0.15) is 32.1 Å². The molecule has 0 atom stereocenters. The number of nitrogens with zero attached hydrogens (tertiary/aromatic N) is 5. The van der Waals surface area contributed by atoms with Crippen molar-refractivity contribution in [1.82, 2.24) is 25.0 Å². The standard InChI is InChI=1S/C31H14F3N5O4S2/c1-11-3-5-13-15(7-11)25(40)27(42)17(13)9-19-35-23-21-22(38-39(2)37-21)24-30(29(23)44-19)45-20(36-24)10-18-14-6-4-12(31(32,33)34)8-16(14)26(41)28(18)43/h3-10H,1-2H3/b17-9-,18-10-. The van der Waals surface area contributed by atoms with Gasteiger partial charge in [0.05, 0.1) is 15.0 Å². The number of rotatable bonds is 2. The summed E-state index contributed by atoms with van der Waals surface area (Å²) in [5.41, 5.74) is 2.56. The van der Waals surface area contributed by atoms with Crippen LogP contribution in [-0.2, 0) is 22.8 Å². The highest BCUT2D eigenvalue weighted by Gasteiger charge is 2.38. The van der Waals surface area contributed by atoms with Crippen molar-refractivity contribution >= 4 is 101 Å². The highest BCUT2D eigenvalue weighted by Crippen LogP contribution is 2.43. The number of aromatic nitrogens is 5. The number of Topliss-reactive ketones (excluding diaryl/α,β-unsaturated/α-hetero) is 4. The lowest BCUT2D eigenvalue weighted by Crippen LogP contribution is -2.08. The van der Waals surface area contributed by atoms with Crippen molar-refractivity contribution in [1.29, 1.82) is 0 Å². The molecule has 0 fully saturated rings. The van der Waals surface area contributed by atoms with Crippen molar-refractivity contribution in [2.75, 3.05) is 0 Å². The molecule has 0 saturated heterocycles. The number of carbonyl (C=O) groups is 4. The molecule has 45 heavy (non-hydrogen) atoms. The first kappa shape index (κ1) is 27.3. The minimum Gasteiger partial charge on any atom is -0.285 e. The van der Waals surface area contributed by atoms with Gasteiger partial charge in [-0.05, 0) is 48.4 Å². The maximum absolute atomic E-state index is 13.3. The summed E-state index contributed by atoms with van der Waals surface area (Å²) in [6.07, 6.45) is -1.69. The Morgan fingerprint density at radius 1 is 0.667 bits per heavy atom. The number of hydrogen-bond donors (Lipinski definition) is 0. The van der Waals surface area contributed by atoms with Gasteiger partial charge in [-0.25, -0.2) is 9.97 Å². The number of fused-ring (bicyclic) bond motifs is 8. The maximum Gasteiger partial charge on any atom is 0.416 e. The number of carbonyl (C=O) groups excluding carboxylic acids is 4. The second-order valence-electron chi connectivity index (χ2n) is 10.6. The Labute approximate surface area is 257 Å². The molecule has 0 amide bonds. The van der Waals surface area contributed by atoms with E-state index in [0.717, 1.165) is 17.7 Å². The van der Waals surface area contributed by atoms with Crippen LogP contribution in [0.2, 0.25) is 0 Å². The molecule has 8 rings (SSSR count). The average Bonchev–Trinajstić information content (AvgIpc) is 3.79. The second kappa shape index (κ2) is 9.15. The van der Waals surface area contributed by atoms with Gasteiger partial charge in [0, 0.05) is 29.3 Å². The van der Waals surface area contributed by atoms with E-state index < -0.39 is 34.9 Å². The van der Waals surface area contributed by atoms with E-state index >= 15 is 0 Å². The van der Waals surface area contributed by atoms with Crippen LogP contribution in [0.4, 0.5) is 13.2 Å². The van der Waals surface area contributed by atoms with Crippen molar-refractivity contribution in [3.63, 3.8) is 0 Å². The normalized spacial score (nSPS) is 16.8. The molecular formula is C31H14F3N5O4S2. The van der Waals surface area contributed by atoms with E-state index in [1.165, 1.54) is 33.5 Å². The lowest BCUT2D eigenvalue weighted by atomic mass is 10.0. The lowest BCUT2D eigenvalue weighted by molar-refractivity contribution is -0.137. The van der Waals surface area contributed by atoms with E-state index in [1.54, 1.807) is 25.3 Å². The minimum atomic E-state index is -4.67. The molecule has 0 bridgehead atoms. The molecule has 2 aliphatic rings. The summed E-state index contributed by atoms with van der Waals surface area (Å²) in [4.78, 5) is 61.9. The van der Waals surface area contributed by atoms with Gasteiger partial charge in [0.25, 0.3) is 0 Å². The SMILES string of the molecule is Cc1ccc2c(c1)C(=O)C(=O)/C2=C\c1nc2c3nn(C)nc3c3nc(/C=C4\C(=O)C(=O)c5cc(C(F)(F)F)ccc54)sc3c2s1. The molecule has 0 aliphatic heterocycles. The first-order valence-electron chi connectivity index (χ1n) is 13.3. The molecule has 0 saturated carbocycles. The van der Waals surface area contributed by atoms with Crippen molar-refractivity contribution in [2.24, 2.45) is 7.05 Å². The lowest BCUT2D eigenvalue weighted by Gasteiger charge is -2.07. The van der Waals surface area contributed by atoms with Crippen molar-refractivity contribution < 1.29 is 32.3 Å². The fourth-order valence-electron chi connectivity index (χ4n) is 5.64. The summed E-state index contributed by atoms with van der Waals surface area (Å²) in [5.74, 6) is -3.12. The third kappa shape index (κ3) is 3.98. The Hall–Kier alpha value is -5.21. The predicted octanol–water partition coefficient (Wildman–Crippen LogP) is 6.13. The third-order valence-corrected chi connectivity index (χ3v) is 9.85. The molecular weight excluding hydrogens is 628 g/mol. The Bertz CT molecular complexity index is 2480. The number of benzene rings is 3. The predicted molar refractivity (Wildman–Crippen MR) is 162 cm³/mol. The van der Waals surface area contributed by atoms with Crippen molar-refractivity contribution in [2.45, 2.75) is 13.1 Å². The van der Waals surface area contributed by atoms with Crippen LogP contribution < -0.4 is 0 Å². The third-order valence-electron chi connectivity index (χ3n) is 7.68. The van der Waals surface area contributed by atoms with Crippen LogP contribution in [-0.4, -0.2) is 48.1 Å². The van der Waals surface area contributed by atoms with Gasteiger partial charge in [-0.2, -0.15) is 28.2 Å². The first-order chi connectivity index (χ1) is 21.4. The van der Waals surface area contributed by atoms with Gasteiger partial charge in [-0.3, -0.25) is 19.2 Å². The molecule has 3 heterocycles. The topological polar surface area (TPSA) is 125 Å². The number of ketones is 4. The summed E-state index contributed by atoms with van der Waals surface area (Å²) in [7, 11) is 1.64. The molecule has 9 nitrogen and oxygen atoms in total. The number of halogens is 3. The Balaban J connectivity index is 1.30. The molecule has 0 N–H and O–H groups in total. The van der Waals surface area contributed by atoms with Gasteiger partial charge in [-0.15, -0.1) is 22.7 Å². The number of thiazole rings is 2. The van der Waals surface area contributed by atoms with E-state index in [4.69, 9.17) is 4.98 Å². The second-order valence-corrected chi connectivity index (χ2v) is 12.6. The molecule has 2 aliphatic carbocycles. The van der Waals surface area contributed by atoms with Gasteiger partial charge in [-0.1, -0.05) is 23.8 Å². The summed E-state index contributed by atoms with van der Waals surface area (Å²) in [6, 6.07) is 7.90. The van der Waals surface area contributed by atoms with Crippen LogP contribution in [0.15, 0.2) is 36.4 Å². The molecule has 0 spiro atoms. The zero-order valence-corrected chi connectivity index (χ0v) is 24.6. The molecule has 3 aromatic carbocycles. The van der Waals surface area contributed by atoms with Gasteiger partial charge >= 0.3 is 6.18 Å². The molecule has 220 valence electrons. The van der Waals surface area contributed by atoms with E-state index in [9.17, 15) is 32.3 Å². The van der Waals surface area contributed by atoms with E-state index in [0.29, 0.717) is 58.7 Å². The Kier molecular flexibility index (Phi) is 5.56. The molecule has 14 heteroatoms. The molecule has 0 radical (unpaired) electrons. The fourth-order valence-corrected chi connectivity index (χ4v) is 7.80. The zero-order valence-electron chi connectivity index (χ0n) is 22.9. The fraction of sp³-hybridized carbons (Fsp3) is 0.0968. The number of hydrogen-bond acceptors (Lipinski definition) is 10. The highest BCUT2D eigenvalue weighted by atomic mass is 32.1. The van der Waals surface area contributed by atoms with Crippen molar-refractivity contribution in [3.05, 3.63) is 79.8 Å². The molecule has 6 aromatic rings. The van der Waals surface area contributed by atoms with E-state index in [1.807, 2.05) is 13.0 Å². The van der Waals surface area contributed by atoms with E-state index in [-0.39, 0.29) is 22.3 Å². The van der Waals surface area contributed by atoms with Crippen LogP contribution in [0, 0.1) is 6.92 Å². The van der Waals surface area contributed by atoms with Crippen LogP contribution in [0.5, 0.6) is 0 Å². The molecule has 3 aromatic heterocycles. The van der Waals surface area contributed by atoms with Crippen LogP contribution in [0.25, 0.3) is 54.8 Å². The smallest absolute Gasteiger partial charge is 0.285 e. The van der Waals surface area contributed by atoms with E-state index in [2.05, 4.69) is 15.2 Å². The largest absolute Gasteiger partial charge is 0.416 e. The number of aryl methyl sites for hydroxylation is 2. The quantitative estimate of drug-likeness (QED) is 0.163. The van der Waals surface area contributed by atoms with Crippen LogP contribution >= 0.6 is 22.7 Å². The van der Waals surface area contributed by atoms with Crippen LogP contribution in [0.1, 0.15) is 53.0 Å². The maximum atomic E-state index is 13.3. The summed E-state index contributed by atoms with van der Waals surface area (Å²) >= 11 is 2.45. The summed E-state index contributed by atoms with van der Waals surface area (Å²) < 4.78 is 41.1. The average molecular weight is 642 g/mol. The van der Waals surface area contributed by atoms with Gasteiger partial charge in [0.2, 0.25) is 23.1 Å². The van der Waals surface area contributed by atoms with Crippen molar-refractivity contribution in [3.8, 4) is 0 Å². The number of alkyl halides is 3. The van der Waals surface area contributed by atoms with Gasteiger partial charge < -0.3 is 0 Å². The monoisotopic (exact) mass is 641 g/mol. The highest BCUT2D eigenvalue weighted by molar-refractivity contribution is 7.27. The first-order valence-corrected chi connectivity index (χ1v) is 14.9. The molecule has 0 unspecified atom stereocenters. The Morgan fingerprint density at radius 3 is 1.67 bits per heavy atom. The Morgan fingerprint density at radius 2 is 1.16 bits per heavy atom. The minimum absolute atomic E-state index is 0.0533. The zero-order chi connectivity index (χ0) is 31.5.